The summed E-state index contributed by atoms with van der Waals surface area (Å²) in [5, 5.41) is 6.17. The molecular formula is C15H16FN3O3. The summed E-state index contributed by atoms with van der Waals surface area (Å²) in [7, 11) is 1.53. The predicted octanol–water partition coefficient (Wildman–Crippen LogP) is 1.76. The first-order valence-corrected chi connectivity index (χ1v) is 6.65. The average molecular weight is 305 g/mol. The van der Waals surface area contributed by atoms with Crippen molar-refractivity contribution in [3.63, 3.8) is 0 Å². The summed E-state index contributed by atoms with van der Waals surface area (Å²) in [6.45, 7) is 1.60. The van der Waals surface area contributed by atoms with Crippen molar-refractivity contribution in [1.29, 1.82) is 0 Å². The number of nitrogens with zero attached hydrogens (tertiary/aromatic N) is 2. The molecule has 0 spiro atoms. The first-order chi connectivity index (χ1) is 10.4. The summed E-state index contributed by atoms with van der Waals surface area (Å²) in [4.78, 5) is 25.1. The summed E-state index contributed by atoms with van der Waals surface area (Å²) >= 11 is 0. The first kappa shape index (κ1) is 15.7. The van der Waals surface area contributed by atoms with Gasteiger partial charge in [-0.3, -0.25) is 9.59 Å². The molecule has 116 valence electrons. The highest BCUT2D eigenvalue weighted by molar-refractivity contribution is 5.93. The molecule has 1 heterocycles. The van der Waals surface area contributed by atoms with E-state index in [0.29, 0.717) is 17.1 Å². The lowest BCUT2D eigenvalue weighted by molar-refractivity contribution is -0.132. The zero-order valence-electron chi connectivity index (χ0n) is 12.3. The quantitative estimate of drug-likeness (QED) is 0.913. The summed E-state index contributed by atoms with van der Waals surface area (Å²) in [5.74, 6) is -0.0777. The molecule has 0 radical (unpaired) electrons. The average Bonchev–Trinajstić information content (AvgIpc) is 2.86. The van der Waals surface area contributed by atoms with Gasteiger partial charge in [0.1, 0.15) is 11.6 Å². The van der Waals surface area contributed by atoms with Gasteiger partial charge in [-0.05, 0) is 24.6 Å². The predicted molar refractivity (Wildman–Crippen MR) is 77.6 cm³/mol. The van der Waals surface area contributed by atoms with E-state index < -0.39 is 0 Å². The number of nitrogens with one attached hydrogen (secondary N) is 1. The van der Waals surface area contributed by atoms with Crippen LogP contribution in [-0.4, -0.2) is 35.5 Å². The summed E-state index contributed by atoms with van der Waals surface area (Å²) in [6, 6.07) is 7.25. The van der Waals surface area contributed by atoms with Crippen LogP contribution < -0.4 is 5.32 Å². The number of hydrogen-bond donors (Lipinski definition) is 1. The van der Waals surface area contributed by atoms with E-state index in [1.54, 1.807) is 25.1 Å². The molecule has 22 heavy (non-hydrogen) atoms. The van der Waals surface area contributed by atoms with E-state index >= 15 is 0 Å². The maximum absolute atomic E-state index is 12.8. The van der Waals surface area contributed by atoms with E-state index in [1.165, 1.54) is 24.1 Å². The van der Waals surface area contributed by atoms with E-state index in [-0.39, 0.29) is 30.6 Å². The molecule has 0 fully saturated rings. The van der Waals surface area contributed by atoms with Gasteiger partial charge in [0, 0.05) is 13.1 Å². The third-order valence-corrected chi connectivity index (χ3v) is 2.97. The second kappa shape index (κ2) is 6.84. The number of aryl methyl sites for hydroxylation is 1. The van der Waals surface area contributed by atoms with E-state index in [1.807, 2.05) is 0 Å². The topological polar surface area (TPSA) is 75.4 Å². The van der Waals surface area contributed by atoms with Gasteiger partial charge in [0.05, 0.1) is 13.0 Å². The van der Waals surface area contributed by atoms with Gasteiger partial charge in [-0.15, -0.1) is 0 Å². The molecular weight excluding hydrogens is 289 g/mol. The Bertz CT molecular complexity index is 667. The molecule has 1 aromatic carbocycles. The number of aromatic nitrogens is 1. The highest BCUT2D eigenvalue weighted by Crippen LogP contribution is 2.08. The van der Waals surface area contributed by atoms with Crippen LogP contribution in [0.25, 0.3) is 0 Å². The Balaban J connectivity index is 1.85. The fraction of sp³-hybridized carbons (Fsp3) is 0.267. The summed E-state index contributed by atoms with van der Waals surface area (Å²) in [5.41, 5.74) is 0.686. The van der Waals surface area contributed by atoms with Crippen molar-refractivity contribution < 1.29 is 18.5 Å². The van der Waals surface area contributed by atoms with Crippen LogP contribution in [0, 0.1) is 12.7 Å². The Morgan fingerprint density at radius 1 is 1.32 bits per heavy atom. The van der Waals surface area contributed by atoms with Crippen molar-refractivity contribution in [2.45, 2.75) is 13.3 Å². The maximum Gasteiger partial charge on any atom is 0.245 e. The Labute approximate surface area is 126 Å². The molecule has 6 nitrogen and oxygen atoms in total. The van der Waals surface area contributed by atoms with Gasteiger partial charge in [0.15, 0.2) is 5.82 Å². The van der Waals surface area contributed by atoms with Crippen molar-refractivity contribution in [3.8, 4) is 0 Å². The van der Waals surface area contributed by atoms with Crippen molar-refractivity contribution in [2.75, 3.05) is 18.9 Å². The van der Waals surface area contributed by atoms with Gasteiger partial charge in [0.25, 0.3) is 0 Å². The zero-order chi connectivity index (χ0) is 16.1. The number of amides is 2. The Morgan fingerprint density at radius 2 is 2.00 bits per heavy atom. The normalized spacial score (nSPS) is 10.3. The minimum atomic E-state index is -0.372. The molecule has 2 rings (SSSR count). The Kier molecular flexibility index (Phi) is 4.88. The fourth-order valence-corrected chi connectivity index (χ4v) is 1.82. The molecule has 0 unspecified atom stereocenters. The molecule has 0 saturated carbocycles. The van der Waals surface area contributed by atoms with Gasteiger partial charge in [-0.25, -0.2) is 4.39 Å². The number of carbonyl (C=O) groups excluding carboxylic acids is 2. The number of anilines is 1. The van der Waals surface area contributed by atoms with E-state index in [9.17, 15) is 14.0 Å². The highest BCUT2D eigenvalue weighted by atomic mass is 19.1. The van der Waals surface area contributed by atoms with Gasteiger partial charge in [0.2, 0.25) is 11.8 Å². The molecule has 1 aromatic heterocycles. The molecule has 0 saturated heterocycles. The van der Waals surface area contributed by atoms with Crippen LogP contribution in [0.3, 0.4) is 0 Å². The zero-order valence-corrected chi connectivity index (χ0v) is 12.3. The standard InChI is InChI=1S/C15H16FN3O3/c1-10-7-13(18-22-10)17-14(20)9-19(2)15(21)8-11-3-5-12(16)6-4-11/h3-7H,8-9H2,1-2H3,(H,17,18,20). The van der Waals surface area contributed by atoms with Gasteiger partial charge >= 0.3 is 0 Å². The van der Waals surface area contributed by atoms with E-state index in [0.717, 1.165) is 0 Å². The molecule has 0 aliphatic heterocycles. The number of hydrogen-bond acceptors (Lipinski definition) is 4. The van der Waals surface area contributed by atoms with E-state index in [2.05, 4.69) is 10.5 Å². The van der Waals surface area contributed by atoms with E-state index in [4.69, 9.17) is 4.52 Å². The Hall–Kier alpha value is -2.70. The summed E-state index contributed by atoms with van der Waals surface area (Å²) < 4.78 is 17.6. The smallest absolute Gasteiger partial charge is 0.245 e. The number of halogens is 1. The minimum absolute atomic E-state index is 0.104. The van der Waals surface area contributed by atoms with Crippen molar-refractivity contribution in [2.24, 2.45) is 0 Å². The number of carbonyl (C=O) groups is 2. The molecule has 1 N–H and O–H groups in total. The van der Waals surface area contributed by atoms with Crippen molar-refractivity contribution in [1.82, 2.24) is 10.1 Å². The fourth-order valence-electron chi connectivity index (χ4n) is 1.82. The Morgan fingerprint density at radius 3 is 2.59 bits per heavy atom. The van der Waals surface area contributed by atoms with Gasteiger partial charge in [-0.2, -0.15) is 0 Å². The molecule has 7 heteroatoms. The molecule has 2 amide bonds. The minimum Gasteiger partial charge on any atom is -0.360 e. The van der Waals surface area contributed by atoms with Crippen LogP contribution in [-0.2, 0) is 16.0 Å². The second-order valence-corrected chi connectivity index (χ2v) is 4.92. The van der Waals surface area contributed by atoms with Crippen molar-refractivity contribution >= 4 is 17.6 Å². The second-order valence-electron chi connectivity index (χ2n) is 4.92. The molecule has 0 atom stereocenters. The summed E-state index contributed by atoms with van der Waals surface area (Å²) in [6.07, 6.45) is 0.104. The number of likely N-dealkylation sites (N-methyl/N-ethyl adjacent to an activating group) is 1. The van der Waals surface area contributed by atoms with Gasteiger partial charge < -0.3 is 14.7 Å². The molecule has 2 aromatic rings. The molecule has 0 aliphatic carbocycles. The number of benzene rings is 1. The monoisotopic (exact) mass is 305 g/mol. The maximum atomic E-state index is 12.8. The highest BCUT2D eigenvalue weighted by Gasteiger charge is 2.14. The molecule has 0 bridgehead atoms. The van der Waals surface area contributed by atoms with Crippen LogP contribution in [0.15, 0.2) is 34.9 Å². The lowest BCUT2D eigenvalue weighted by Crippen LogP contribution is -2.35. The van der Waals surface area contributed by atoms with Crippen LogP contribution in [0.4, 0.5) is 10.2 Å². The molecule has 0 aliphatic rings. The van der Waals surface area contributed by atoms with Crippen LogP contribution in [0.1, 0.15) is 11.3 Å². The lowest BCUT2D eigenvalue weighted by Gasteiger charge is -2.16. The first-order valence-electron chi connectivity index (χ1n) is 6.65. The van der Waals surface area contributed by atoms with Crippen LogP contribution in [0.5, 0.6) is 0 Å². The van der Waals surface area contributed by atoms with Crippen LogP contribution >= 0.6 is 0 Å². The van der Waals surface area contributed by atoms with Crippen molar-refractivity contribution in [3.05, 3.63) is 47.5 Å². The number of rotatable bonds is 5. The lowest BCUT2D eigenvalue weighted by atomic mass is 10.1. The largest absolute Gasteiger partial charge is 0.360 e. The third-order valence-electron chi connectivity index (χ3n) is 2.97. The van der Waals surface area contributed by atoms with Crippen LogP contribution in [0.2, 0.25) is 0 Å². The van der Waals surface area contributed by atoms with Gasteiger partial charge in [-0.1, -0.05) is 17.3 Å². The SMILES string of the molecule is Cc1cc(NC(=O)CN(C)C(=O)Cc2ccc(F)cc2)no1. The third kappa shape index (κ3) is 4.41.